The zero-order chi connectivity index (χ0) is 18.3. The number of benzene rings is 2. The summed E-state index contributed by atoms with van der Waals surface area (Å²) in [5.74, 6) is 0. The molecule has 0 saturated carbocycles. The van der Waals surface area contributed by atoms with Crippen molar-refractivity contribution in [1.29, 1.82) is 0 Å². The second-order valence-electron chi connectivity index (χ2n) is 5.73. The summed E-state index contributed by atoms with van der Waals surface area (Å²) in [6.07, 6.45) is 1.83. The first-order chi connectivity index (χ1) is 12.6. The van der Waals surface area contributed by atoms with Gasteiger partial charge in [0.25, 0.3) is 5.56 Å². The first kappa shape index (κ1) is 16.9. The fourth-order valence-electron chi connectivity index (χ4n) is 2.85. The van der Waals surface area contributed by atoms with Gasteiger partial charge in [0.05, 0.1) is 11.9 Å². The molecule has 130 valence electrons. The van der Waals surface area contributed by atoms with Gasteiger partial charge in [-0.1, -0.05) is 53.7 Å². The molecule has 5 nitrogen and oxygen atoms in total. The molecule has 26 heavy (non-hydrogen) atoms. The third-order valence-corrected chi connectivity index (χ3v) is 5.00. The predicted octanol–water partition coefficient (Wildman–Crippen LogP) is 3.93. The zero-order valence-corrected chi connectivity index (χ0v) is 15.3. The normalized spacial score (nSPS) is 11.3. The van der Waals surface area contributed by atoms with E-state index in [1.165, 1.54) is 22.4 Å². The van der Waals surface area contributed by atoms with Crippen molar-refractivity contribution in [2.45, 2.75) is 11.7 Å². The summed E-state index contributed by atoms with van der Waals surface area (Å²) in [7, 11) is 0. The molecule has 0 atom stereocenters. The van der Waals surface area contributed by atoms with Crippen LogP contribution in [0.4, 0.5) is 0 Å². The van der Waals surface area contributed by atoms with Crippen LogP contribution in [0.5, 0.6) is 0 Å². The summed E-state index contributed by atoms with van der Waals surface area (Å²) in [4.78, 5) is 30.4. The molecule has 0 N–H and O–H groups in total. The van der Waals surface area contributed by atoms with Gasteiger partial charge < -0.3 is 4.42 Å². The minimum absolute atomic E-state index is 0.0449. The fourth-order valence-corrected chi connectivity index (χ4v) is 3.57. The van der Waals surface area contributed by atoms with Crippen molar-refractivity contribution < 1.29 is 4.42 Å². The molecule has 0 spiro atoms. The average molecular weight is 385 g/mol. The van der Waals surface area contributed by atoms with E-state index in [0.717, 1.165) is 5.56 Å². The standard InChI is InChI=1S/C19H13ClN2O3S/c1-26-19-21-17-15(16(23)13-9-12(20)7-8-14(13)25-17)18(24)22(19)10-11-5-3-2-4-6-11/h2-9H,10H2,1H3. The van der Waals surface area contributed by atoms with Gasteiger partial charge in [-0.15, -0.1) is 0 Å². The van der Waals surface area contributed by atoms with Crippen LogP contribution in [0.15, 0.2) is 67.7 Å². The van der Waals surface area contributed by atoms with E-state index in [-0.39, 0.29) is 16.5 Å². The molecule has 2 aromatic heterocycles. The molecule has 0 saturated heterocycles. The smallest absolute Gasteiger partial charge is 0.269 e. The molecule has 0 bridgehead atoms. The van der Waals surface area contributed by atoms with Crippen LogP contribution >= 0.6 is 23.4 Å². The Kier molecular flexibility index (Phi) is 4.30. The van der Waals surface area contributed by atoms with Crippen LogP contribution in [0.25, 0.3) is 22.1 Å². The minimum atomic E-state index is -0.421. The minimum Gasteiger partial charge on any atom is -0.437 e. The Balaban J connectivity index is 2.05. The van der Waals surface area contributed by atoms with E-state index in [2.05, 4.69) is 4.98 Å². The number of aromatic nitrogens is 2. The Hall–Kier alpha value is -2.57. The van der Waals surface area contributed by atoms with E-state index in [1.807, 2.05) is 36.6 Å². The van der Waals surface area contributed by atoms with Gasteiger partial charge in [0.2, 0.25) is 11.1 Å². The van der Waals surface area contributed by atoms with Crippen LogP contribution in [-0.2, 0) is 6.54 Å². The maximum atomic E-state index is 13.1. The molecule has 2 heterocycles. The van der Waals surface area contributed by atoms with Crippen molar-refractivity contribution in [2.75, 3.05) is 6.26 Å². The number of hydrogen-bond donors (Lipinski definition) is 0. The second-order valence-corrected chi connectivity index (χ2v) is 6.94. The van der Waals surface area contributed by atoms with Crippen LogP contribution in [0.2, 0.25) is 5.02 Å². The van der Waals surface area contributed by atoms with E-state index < -0.39 is 11.0 Å². The number of hydrogen-bond acceptors (Lipinski definition) is 5. The van der Waals surface area contributed by atoms with Crippen LogP contribution < -0.4 is 11.0 Å². The van der Waals surface area contributed by atoms with Gasteiger partial charge in [-0.25, -0.2) is 0 Å². The van der Waals surface area contributed by atoms with E-state index in [4.69, 9.17) is 16.0 Å². The molecule has 2 aromatic carbocycles. The predicted molar refractivity (Wildman–Crippen MR) is 104 cm³/mol. The Morgan fingerprint density at radius 3 is 2.65 bits per heavy atom. The van der Waals surface area contributed by atoms with Gasteiger partial charge in [-0.05, 0) is 30.0 Å². The number of halogens is 1. The maximum absolute atomic E-state index is 13.1. The summed E-state index contributed by atoms with van der Waals surface area (Å²) in [6, 6.07) is 14.3. The van der Waals surface area contributed by atoms with Crippen molar-refractivity contribution in [3.63, 3.8) is 0 Å². The molecule has 0 aliphatic rings. The van der Waals surface area contributed by atoms with E-state index in [0.29, 0.717) is 22.3 Å². The molecule has 4 rings (SSSR count). The molecule has 7 heteroatoms. The summed E-state index contributed by atoms with van der Waals surface area (Å²) < 4.78 is 7.21. The van der Waals surface area contributed by atoms with Crippen LogP contribution in [0, 0.1) is 0 Å². The van der Waals surface area contributed by atoms with Gasteiger partial charge in [0.15, 0.2) is 10.5 Å². The highest BCUT2D eigenvalue weighted by Gasteiger charge is 2.18. The first-order valence-corrected chi connectivity index (χ1v) is 9.43. The lowest BCUT2D eigenvalue weighted by Crippen LogP contribution is -2.27. The molecule has 0 aliphatic heterocycles. The Morgan fingerprint density at radius 1 is 1.15 bits per heavy atom. The number of rotatable bonds is 3. The van der Waals surface area contributed by atoms with Crippen molar-refractivity contribution in [2.24, 2.45) is 0 Å². The Morgan fingerprint density at radius 2 is 1.92 bits per heavy atom. The van der Waals surface area contributed by atoms with E-state index in [1.54, 1.807) is 12.1 Å². The van der Waals surface area contributed by atoms with Crippen molar-refractivity contribution in [1.82, 2.24) is 9.55 Å². The molecule has 4 aromatic rings. The monoisotopic (exact) mass is 384 g/mol. The van der Waals surface area contributed by atoms with Gasteiger partial charge >= 0.3 is 0 Å². The lowest BCUT2D eigenvalue weighted by Gasteiger charge is -2.11. The number of fused-ring (bicyclic) bond motifs is 2. The van der Waals surface area contributed by atoms with Crippen LogP contribution in [0.1, 0.15) is 5.56 Å². The van der Waals surface area contributed by atoms with Crippen LogP contribution in [-0.4, -0.2) is 15.8 Å². The zero-order valence-electron chi connectivity index (χ0n) is 13.7. The third-order valence-electron chi connectivity index (χ3n) is 4.09. The lowest BCUT2D eigenvalue weighted by atomic mass is 10.2. The highest BCUT2D eigenvalue weighted by Crippen LogP contribution is 2.21. The van der Waals surface area contributed by atoms with Crippen LogP contribution in [0.3, 0.4) is 0 Å². The molecule has 0 unspecified atom stereocenters. The average Bonchev–Trinajstić information content (AvgIpc) is 2.65. The van der Waals surface area contributed by atoms with Crippen molar-refractivity contribution in [3.05, 3.63) is 79.7 Å². The fraction of sp³-hybridized carbons (Fsp3) is 0.105. The summed E-state index contributed by atoms with van der Waals surface area (Å²) in [6.45, 7) is 0.325. The summed E-state index contributed by atoms with van der Waals surface area (Å²) >= 11 is 7.31. The van der Waals surface area contributed by atoms with Gasteiger partial charge in [-0.2, -0.15) is 4.98 Å². The lowest BCUT2D eigenvalue weighted by molar-refractivity contribution is 0.601. The summed E-state index contributed by atoms with van der Waals surface area (Å²) in [5.41, 5.74) is 0.504. The van der Waals surface area contributed by atoms with E-state index >= 15 is 0 Å². The van der Waals surface area contributed by atoms with Gasteiger partial charge in [0.1, 0.15) is 5.58 Å². The number of nitrogens with zero attached hydrogens (tertiary/aromatic N) is 2. The van der Waals surface area contributed by atoms with Crippen molar-refractivity contribution in [3.8, 4) is 0 Å². The number of thioether (sulfide) groups is 1. The largest absolute Gasteiger partial charge is 0.437 e. The molecular formula is C19H13ClN2O3S. The summed E-state index contributed by atoms with van der Waals surface area (Å²) in [5, 5.41) is 1.10. The Labute approximate surface area is 157 Å². The van der Waals surface area contributed by atoms with Gasteiger partial charge in [0, 0.05) is 5.02 Å². The molecule has 0 fully saturated rings. The highest BCUT2D eigenvalue weighted by atomic mass is 35.5. The SMILES string of the molecule is CSc1nc2oc3ccc(Cl)cc3c(=O)c2c(=O)n1Cc1ccccc1. The van der Waals surface area contributed by atoms with E-state index in [9.17, 15) is 9.59 Å². The molecular weight excluding hydrogens is 372 g/mol. The molecule has 0 amide bonds. The highest BCUT2D eigenvalue weighted by molar-refractivity contribution is 7.98. The van der Waals surface area contributed by atoms with Crippen molar-refractivity contribution >= 4 is 45.4 Å². The Bertz CT molecular complexity index is 1250. The second kappa shape index (κ2) is 6.63. The maximum Gasteiger partial charge on any atom is 0.269 e. The first-order valence-electron chi connectivity index (χ1n) is 7.83. The third kappa shape index (κ3) is 2.81. The molecule has 0 aliphatic carbocycles. The quantitative estimate of drug-likeness (QED) is 0.304. The van der Waals surface area contributed by atoms with Gasteiger partial charge in [-0.3, -0.25) is 14.2 Å². The molecule has 0 radical (unpaired) electrons. The topological polar surface area (TPSA) is 65.1 Å².